The summed E-state index contributed by atoms with van der Waals surface area (Å²) in [5.41, 5.74) is 7.16. The Hall–Kier alpha value is -3.08. The van der Waals surface area contributed by atoms with Gasteiger partial charge < -0.3 is 15.8 Å². The predicted molar refractivity (Wildman–Crippen MR) is 130 cm³/mol. The van der Waals surface area contributed by atoms with E-state index in [4.69, 9.17) is 22.1 Å². The zero-order chi connectivity index (χ0) is 23.4. The Morgan fingerprint density at radius 2 is 2.09 bits per heavy atom. The van der Waals surface area contributed by atoms with Crippen LogP contribution in [-0.2, 0) is 4.79 Å². The van der Waals surface area contributed by atoms with Crippen molar-refractivity contribution in [3.05, 3.63) is 57.7 Å². The number of carbonyl (C=O) groups excluding carboxylic acids is 3. The molecule has 1 saturated heterocycles. The predicted octanol–water partition coefficient (Wildman–Crippen LogP) is 3.95. The fourth-order valence-electron chi connectivity index (χ4n) is 4.05. The first-order valence-corrected chi connectivity index (χ1v) is 11.9. The van der Waals surface area contributed by atoms with Crippen LogP contribution < -0.4 is 20.7 Å². The molecule has 1 aromatic carbocycles. The van der Waals surface area contributed by atoms with Gasteiger partial charge in [0.2, 0.25) is 0 Å². The summed E-state index contributed by atoms with van der Waals surface area (Å²) in [5.74, 6) is -0.303. The second kappa shape index (κ2) is 8.05. The average molecular weight is 501 g/mol. The van der Waals surface area contributed by atoms with Crippen molar-refractivity contribution in [1.82, 2.24) is 10.3 Å². The van der Waals surface area contributed by atoms with Crippen LogP contribution in [0.15, 0.2) is 36.7 Å². The standard InChI is InChI=1S/C22H17ClN4O4S2/c1-9-17-14(7-25-8-16(17)33-18(9)20(24)28)27-21(29)19-13(26-22(27)30)6-15(32-19)11-5-10(31-2)3-4-12(11)23/h3-8,13,19H,1-2H3,(H2,24,28)(H,26,30). The van der Waals surface area contributed by atoms with Gasteiger partial charge in [-0.15, -0.1) is 23.1 Å². The third kappa shape index (κ3) is 3.45. The van der Waals surface area contributed by atoms with E-state index < -0.39 is 23.2 Å². The quantitative estimate of drug-likeness (QED) is 0.560. The maximum Gasteiger partial charge on any atom is 0.329 e. The molecule has 2 aliphatic rings. The number of thiophene rings is 1. The number of rotatable bonds is 4. The Labute approximate surface area is 201 Å². The number of nitrogens with one attached hydrogen (secondary N) is 1. The third-order valence-electron chi connectivity index (χ3n) is 5.59. The minimum Gasteiger partial charge on any atom is -0.497 e. The number of pyridine rings is 1. The molecule has 2 unspecified atom stereocenters. The van der Waals surface area contributed by atoms with E-state index in [9.17, 15) is 14.4 Å². The summed E-state index contributed by atoms with van der Waals surface area (Å²) < 4.78 is 5.96. The maximum atomic E-state index is 13.5. The molecule has 4 heterocycles. The van der Waals surface area contributed by atoms with E-state index in [-0.39, 0.29) is 5.91 Å². The van der Waals surface area contributed by atoms with E-state index in [1.165, 1.54) is 29.3 Å². The number of benzene rings is 1. The Kier molecular flexibility index (Phi) is 5.31. The number of ether oxygens (including phenoxy) is 1. The first-order valence-electron chi connectivity index (χ1n) is 9.84. The highest BCUT2D eigenvalue weighted by Crippen LogP contribution is 2.46. The Balaban J connectivity index is 1.53. The first-order chi connectivity index (χ1) is 15.8. The van der Waals surface area contributed by atoms with Crippen molar-refractivity contribution >= 4 is 73.2 Å². The highest BCUT2D eigenvalue weighted by Gasteiger charge is 2.46. The lowest BCUT2D eigenvalue weighted by molar-refractivity contribution is -0.118. The maximum absolute atomic E-state index is 13.5. The number of nitrogens with two attached hydrogens (primary N) is 1. The molecule has 0 saturated carbocycles. The molecule has 3 N–H and O–H groups in total. The number of aryl methyl sites for hydroxylation is 1. The van der Waals surface area contributed by atoms with Gasteiger partial charge >= 0.3 is 6.03 Å². The third-order valence-corrected chi connectivity index (χ3v) is 8.52. The monoisotopic (exact) mass is 500 g/mol. The summed E-state index contributed by atoms with van der Waals surface area (Å²) in [4.78, 5) is 44.8. The van der Waals surface area contributed by atoms with E-state index in [1.807, 2.05) is 6.08 Å². The molecule has 4 amide bonds. The zero-order valence-electron chi connectivity index (χ0n) is 17.4. The van der Waals surface area contributed by atoms with Crippen LogP contribution in [0.2, 0.25) is 5.02 Å². The minimum absolute atomic E-state index is 0.322. The molecule has 2 aliphatic heterocycles. The van der Waals surface area contributed by atoms with E-state index in [0.29, 0.717) is 37.0 Å². The van der Waals surface area contributed by atoms with Crippen molar-refractivity contribution in [3.63, 3.8) is 0 Å². The molecule has 0 spiro atoms. The number of anilines is 1. The van der Waals surface area contributed by atoms with Gasteiger partial charge in [0.15, 0.2) is 0 Å². The summed E-state index contributed by atoms with van der Waals surface area (Å²) in [5, 5.41) is 3.45. The van der Waals surface area contributed by atoms with Crippen molar-refractivity contribution in [1.29, 1.82) is 0 Å². The molecule has 33 heavy (non-hydrogen) atoms. The number of thioether (sulfide) groups is 1. The lowest BCUT2D eigenvalue weighted by Gasteiger charge is -2.33. The second-order valence-electron chi connectivity index (χ2n) is 7.52. The molecule has 0 aliphatic carbocycles. The van der Waals surface area contributed by atoms with Crippen LogP contribution in [0.5, 0.6) is 5.75 Å². The number of methoxy groups -OCH3 is 1. The Bertz CT molecular complexity index is 1390. The minimum atomic E-state index is -0.579. The number of nitrogens with zero attached hydrogens (tertiary/aromatic N) is 2. The van der Waals surface area contributed by atoms with Crippen LogP contribution in [0.25, 0.3) is 15.0 Å². The van der Waals surface area contributed by atoms with Crippen LogP contribution in [0.3, 0.4) is 0 Å². The van der Waals surface area contributed by atoms with Crippen LogP contribution in [0.4, 0.5) is 10.5 Å². The number of fused-ring (bicyclic) bond motifs is 2. The van der Waals surface area contributed by atoms with Gasteiger partial charge in [0.1, 0.15) is 11.0 Å². The fraction of sp³-hybridized carbons (Fsp3) is 0.182. The van der Waals surface area contributed by atoms with E-state index in [1.54, 1.807) is 38.4 Å². The molecule has 8 nitrogen and oxygen atoms in total. The van der Waals surface area contributed by atoms with E-state index >= 15 is 0 Å². The number of aromatic nitrogens is 1. The molecule has 2 atom stereocenters. The lowest BCUT2D eigenvalue weighted by atomic mass is 10.1. The number of hydrogen-bond donors (Lipinski definition) is 2. The van der Waals surface area contributed by atoms with Crippen LogP contribution in [0, 0.1) is 6.92 Å². The van der Waals surface area contributed by atoms with Crippen molar-refractivity contribution < 1.29 is 19.1 Å². The molecule has 1 fully saturated rings. The van der Waals surface area contributed by atoms with Gasteiger partial charge in [-0.3, -0.25) is 14.6 Å². The molecular weight excluding hydrogens is 484 g/mol. The average Bonchev–Trinajstić information content (AvgIpc) is 3.36. The molecule has 11 heteroatoms. The number of halogens is 1. The van der Waals surface area contributed by atoms with Gasteiger partial charge in [0, 0.05) is 27.1 Å². The number of imide groups is 1. The number of hydrogen-bond acceptors (Lipinski definition) is 7. The molecule has 0 bridgehead atoms. The second-order valence-corrected chi connectivity index (χ2v) is 10.2. The van der Waals surface area contributed by atoms with E-state index in [0.717, 1.165) is 15.4 Å². The summed E-state index contributed by atoms with van der Waals surface area (Å²) >= 11 is 8.91. The molecule has 168 valence electrons. The van der Waals surface area contributed by atoms with E-state index in [2.05, 4.69) is 10.3 Å². The molecule has 0 radical (unpaired) electrons. The highest BCUT2D eigenvalue weighted by molar-refractivity contribution is 8.09. The molecule has 5 rings (SSSR count). The zero-order valence-corrected chi connectivity index (χ0v) is 19.8. The molecule has 3 aromatic rings. The smallest absolute Gasteiger partial charge is 0.329 e. The largest absolute Gasteiger partial charge is 0.497 e. The van der Waals surface area contributed by atoms with Crippen molar-refractivity contribution in [2.75, 3.05) is 12.0 Å². The summed E-state index contributed by atoms with van der Waals surface area (Å²) in [7, 11) is 1.56. The lowest BCUT2D eigenvalue weighted by Crippen LogP contribution is -2.60. The molecule has 2 aromatic heterocycles. The Morgan fingerprint density at radius 3 is 2.82 bits per heavy atom. The summed E-state index contributed by atoms with van der Waals surface area (Å²) in [6, 6.07) is 4.24. The first kappa shape index (κ1) is 21.7. The normalized spacial score (nSPS) is 20.0. The number of primary amides is 1. The molecular formula is C22H17ClN4O4S2. The van der Waals surface area contributed by atoms with Crippen molar-refractivity contribution in [2.45, 2.75) is 18.2 Å². The summed E-state index contributed by atoms with van der Waals surface area (Å²) in [6.45, 7) is 1.74. The van der Waals surface area contributed by atoms with Gasteiger partial charge in [0.05, 0.1) is 34.6 Å². The van der Waals surface area contributed by atoms with Gasteiger partial charge in [-0.05, 0) is 36.8 Å². The van der Waals surface area contributed by atoms with Crippen LogP contribution in [-0.4, -0.2) is 41.2 Å². The van der Waals surface area contributed by atoms with Gasteiger partial charge in [-0.25, -0.2) is 9.69 Å². The van der Waals surface area contributed by atoms with Gasteiger partial charge in [-0.2, -0.15) is 0 Å². The Morgan fingerprint density at radius 1 is 1.30 bits per heavy atom. The number of urea groups is 1. The number of carbonyl (C=O) groups is 3. The van der Waals surface area contributed by atoms with Gasteiger partial charge in [0.25, 0.3) is 11.8 Å². The van der Waals surface area contributed by atoms with Crippen molar-refractivity contribution in [3.8, 4) is 5.75 Å². The topological polar surface area (TPSA) is 115 Å². The number of amides is 4. The SMILES string of the molecule is COc1ccc(Cl)c(C2=CC3NC(=O)N(c4cncc5sc(C(N)=O)c(C)c45)C(=O)C3S2)c1. The van der Waals surface area contributed by atoms with Crippen LogP contribution >= 0.6 is 34.7 Å². The highest BCUT2D eigenvalue weighted by atomic mass is 35.5. The van der Waals surface area contributed by atoms with Crippen molar-refractivity contribution in [2.24, 2.45) is 5.73 Å². The van der Waals surface area contributed by atoms with Crippen LogP contribution in [0.1, 0.15) is 20.8 Å². The summed E-state index contributed by atoms with van der Waals surface area (Å²) in [6.07, 6.45) is 4.88. The van der Waals surface area contributed by atoms with Gasteiger partial charge in [-0.1, -0.05) is 11.6 Å². The fourth-order valence-corrected chi connectivity index (χ4v) is 6.67.